The smallest absolute Gasteiger partial charge is 0.117 e. The van der Waals surface area contributed by atoms with Gasteiger partial charge in [-0.05, 0) is 19.8 Å². The first kappa shape index (κ1) is 10.9. The lowest BCUT2D eigenvalue weighted by Gasteiger charge is -2.36. The van der Waals surface area contributed by atoms with Gasteiger partial charge in [0.1, 0.15) is 6.67 Å². The zero-order chi connectivity index (χ0) is 9.84. The van der Waals surface area contributed by atoms with Crippen molar-refractivity contribution >= 4 is 0 Å². The summed E-state index contributed by atoms with van der Waals surface area (Å²) in [5, 5.41) is 18.5. The molecule has 0 aromatic rings. The maximum Gasteiger partial charge on any atom is 0.117 e. The molecule has 1 saturated heterocycles. The Morgan fingerprint density at radius 1 is 1.54 bits per heavy atom. The first-order valence-electron chi connectivity index (χ1n) is 4.79. The molecule has 0 spiro atoms. The van der Waals surface area contributed by atoms with E-state index in [-0.39, 0.29) is 6.10 Å². The van der Waals surface area contributed by atoms with E-state index in [0.29, 0.717) is 19.1 Å². The summed E-state index contributed by atoms with van der Waals surface area (Å²) >= 11 is 0. The molecule has 1 fully saturated rings. The van der Waals surface area contributed by atoms with Gasteiger partial charge in [-0.2, -0.15) is 0 Å². The first-order chi connectivity index (χ1) is 6.13. The molecule has 0 aromatic carbocycles. The zero-order valence-corrected chi connectivity index (χ0v) is 7.99. The van der Waals surface area contributed by atoms with Gasteiger partial charge in [0.2, 0.25) is 0 Å². The number of hydrogen-bond donors (Lipinski definition) is 2. The Kier molecular flexibility index (Phi) is 4.09. The molecule has 0 saturated carbocycles. The van der Waals surface area contributed by atoms with E-state index >= 15 is 0 Å². The Morgan fingerprint density at radius 2 is 2.23 bits per heavy atom. The summed E-state index contributed by atoms with van der Waals surface area (Å²) in [6.45, 7) is 2.21. The highest BCUT2D eigenvalue weighted by Gasteiger charge is 2.25. The van der Waals surface area contributed by atoms with Gasteiger partial charge < -0.3 is 10.2 Å². The highest BCUT2D eigenvalue weighted by Crippen LogP contribution is 2.16. The third-order valence-corrected chi connectivity index (χ3v) is 2.61. The molecule has 1 aliphatic rings. The largest absolute Gasteiger partial charge is 0.392 e. The lowest BCUT2D eigenvalue weighted by atomic mass is 10.0. The number of piperidine rings is 1. The predicted octanol–water partition coefficient (Wildman–Crippen LogP) is 0.162. The van der Waals surface area contributed by atoms with Crippen molar-refractivity contribution in [2.75, 3.05) is 19.8 Å². The fourth-order valence-electron chi connectivity index (χ4n) is 1.73. The van der Waals surface area contributed by atoms with Crippen LogP contribution in [0, 0.1) is 0 Å². The molecule has 3 unspecified atom stereocenters. The fourth-order valence-corrected chi connectivity index (χ4v) is 1.73. The van der Waals surface area contributed by atoms with Crippen LogP contribution in [0.2, 0.25) is 0 Å². The highest BCUT2D eigenvalue weighted by molar-refractivity contribution is 4.79. The minimum Gasteiger partial charge on any atom is -0.392 e. The van der Waals surface area contributed by atoms with E-state index in [9.17, 15) is 9.50 Å². The number of hydrogen-bond acceptors (Lipinski definition) is 3. The standard InChI is InChI=1S/C9H18FNO2/c1-7-2-3-8(12)5-11(7)6-9(13)4-10/h7-9,12-13H,2-6H2,1H3. The van der Waals surface area contributed by atoms with Gasteiger partial charge in [-0.3, -0.25) is 4.90 Å². The van der Waals surface area contributed by atoms with Crippen molar-refractivity contribution in [1.29, 1.82) is 0 Å². The number of aliphatic hydroxyl groups is 2. The summed E-state index contributed by atoms with van der Waals surface area (Å²) in [4.78, 5) is 1.94. The van der Waals surface area contributed by atoms with E-state index in [1.165, 1.54) is 0 Å². The van der Waals surface area contributed by atoms with Crippen LogP contribution in [0.3, 0.4) is 0 Å². The number of halogens is 1. The topological polar surface area (TPSA) is 43.7 Å². The van der Waals surface area contributed by atoms with Gasteiger partial charge >= 0.3 is 0 Å². The van der Waals surface area contributed by atoms with Crippen molar-refractivity contribution < 1.29 is 14.6 Å². The van der Waals surface area contributed by atoms with E-state index < -0.39 is 12.8 Å². The number of rotatable bonds is 3. The maximum absolute atomic E-state index is 12.0. The minimum absolute atomic E-state index is 0.317. The molecule has 3 atom stereocenters. The Balaban J connectivity index is 2.37. The second-order valence-electron chi connectivity index (χ2n) is 3.84. The Morgan fingerprint density at radius 3 is 2.85 bits per heavy atom. The average Bonchev–Trinajstić information content (AvgIpc) is 2.11. The third-order valence-electron chi connectivity index (χ3n) is 2.61. The van der Waals surface area contributed by atoms with Crippen molar-refractivity contribution in [3.63, 3.8) is 0 Å². The van der Waals surface area contributed by atoms with Gasteiger partial charge in [0.25, 0.3) is 0 Å². The Labute approximate surface area is 78.2 Å². The highest BCUT2D eigenvalue weighted by atomic mass is 19.1. The third kappa shape index (κ3) is 3.21. The molecule has 0 radical (unpaired) electrons. The number of aliphatic hydroxyl groups excluding tert-OH is 2. The van der Waals surface area contributed by atoms with Crippen molar-refractivity contribution in [3.05, 3.63) is 0 Å². The van der Waals surface area contributed by atoms with Gasteiger partial charge in [0.05, 0.1) is 12.2 Å². The van der Waals surface area contributed by atoms with Gasteiger partial charge in [0, 0.05) is 19.1 Å². The summed E-state index contributed by atoms with van der Waals surface area (Å²) < 4.78 is 12.0. The molecular weight excluding hydrogens is 173 g/mol. The van der Waals surface area contributed by atoms with Crippen molar-refractivity contribution in [3.8, 4) is 0 Å². The van der Waals surface area contributed by atoms with Crippen molar-refractivity contribution in [2.24, 2.45) is 0 Å². The van der Waals surface area contributed by atoms with Crippen LogP contribution in [0.5, 0.6) is 0 Å². The molecule has 4 heteroatoms. The number of likely N-dealkylation sites (tertiary alicyclic amines) is 1. The van der Waals surface area contributed by atoms with Gasteiger partial charge in [0.15, 0.2) is 0 Å². The lowest BCUT2D eigenvalue weighted by Crippen LogP contribution is -2.47. The van der Waals surface area contributed by atoms with Crippen LogP contribution in [-0.2, 0) is 0 Å². The van der Waals surface area contributed by atoms with Gasteiger partial charge in [-0.25, -0.2) is 4.39 Å². The van der Waals surface area contributed by atoms with Crippen LogP contribution in [0.1, 0.15) is 19.8 Å². The summed E-state index contributed by atoms with van der Waals surface area (Å²) in [6.07, 6.45) is 0.500. The summed E-state index contributed by atoms with van der Waals surface area (Å²) in [7, 11) is 0. The molecular formula is C9H18FNO2. The summed E-state index contributed by atoms with van der Waals surface area (Å²) in [5.41, 5.74) is 0. The van der Waals surface area contributed by atoms with Crippen molar-refractivity contribution in [1.82, 2.24) is 4.90 Å². The number of β-amino-alcohol motifs (C(OH)–C–C–N with tert-alkyl or cyclic N) is 2. The SMILES string of the molecule is CC1CCC(O)CN1CC(O)CF. The fraction of sp³-hybridized carbons (Fsp3) is 1.00. The average molecular weight is 191 g/mol. The van der Waals surface area contributed by atoms with Crippen LogP contribution in [0.25, 0.3) is 0 Å². The van der Waals surface area contributed by atoms with E-state index in [1.807, 2.05) is 11.8 Å². The van der Waals surface area contributed by atoms with Crippen LogP contribution in [-0.4, -0.2) is 53.1 Å². The molecule has 2 N–H and O–H groups in total. The zero-order valence-electron chi connectivity index (χ0n) is 7.99. The first-order valence-corrected chi connectivity index (χ1v) is 4.79. The van der Waals surface area contributed by atoms with E-state index in [0.717, 1.165) is 12.8 Å². The molecule has 0 aliphatic carbocycles. The molecule has 0 aromatic heterocycles. The Bertz CT molecular complexity index is 157. The number of nitrogens with zero attached hydrogens (tertiary/aromatic N) is 1. The summed E-state index contributed by atoms with van der Waals surface area (Å²) in [6, 6.07) is 0.338. The molecule has 13 heavy (non-hydrogen) atoms. The monoisotopic (exact) mass is 191 g/mol. The van der Waals surface area contributed by atoms with Crippen molar-refractivity contribution in [2.45, 2.75) is 38.0 Å². The molecule has 3 nitrogen and oxygen atoms in total. The molecule has 1 aliphatic heterocycles. The Hall–Kier alpha value is -0.190. The van der Waals surface area contributed by atoms with Crippen LogP contribution >= 0.6 is 0 Å². The normalized spacial score (nSPS) is 33.2. The van der Waals surface area contributed by atoms with E-state index in [4.69, 9.17) is 5.11 Å². The molecule has 78 valence electrons. The number of alkyl halides is 1. The molecule has 0 bridgehead atoms. The van der Waals surface area contributed by atoms with E-state index in [2.05, 4.69) is 0 Å². The van der Waals surface area contributed by atoms with Crippen LogP contribution in [0.15, 0.2) is 0 Å². The second-order valence-corrected chi connectivity index (χ2v) is 3.84. The van der Waals surface area contributed by atoms with Crippen LogP contribution in [0.4, 0.5) is 4.39 Å². The van der Waals surface area contributed by atoms with Gasteiger partial charge in [-0.15, -0.1) is 0 Å². The van der Waals surface area contributed by atoms with Crippen LogP contribution < -0.4 is 0 Å². The van der Waals surface area contributed by atoms with E-state index in [1.54, 1.807) is 0 Å². The lowest BCUT2D eigenvalue weighted by molar-refractivity contribution is 0.00720. The quantitative estimate of drug-likeness (QED) is 0.668. The molecule has 1 heterocycles. The predicted molar refractivity (Wildman–Crippen MR) is 48.3 cm³/mol. The minimum atomic E-state index is -0.909. The second kappa shape index (κ2) is 4.88. The van der Waals surface area contributed by atoms with Gasteiger partial charge in [-0.1, -0.05) is 0 Å². The summed E-state index contributed by atoms with van der Waals surface area (Å²) in [5.74, 6) is 0. The maximum atomic E-state index is 12.0. The molecule has 1 rings (SSSR count). The molecule has 0 amide bonds.